The second kappa shape index (κ2) is 50.4. The molecule has 19 nitrogen and oxygen atoms in total. The van der Waals surface area contributed by atoms with Gasteiger partial charge in [0.1, 0.15) is 18.5 Å². The molecule has 5 unspecified atom stereocenters. The van der Waals surface area contributed by atoms with Crippen molar-refractivity contribution < 1.29 is 90.4 Å². The molecule has 0 saturated heterocycles. The Bertz CT molecular complexity index is 1130. The molecule has 0 fully saturated rings. The summed E-state index contributed by atoms with van der Waals surface area (Å²) < 4.78 is 102. The summed E-state index contributed by atoms with van der Waals surface area (Å²) in [6, 6.07) is 9.62. The highest BCUT2D eigenvalue weighted by Gasteiger charge is 2.17. The van der Waals surface area contributed by atoms with E-state index >= 15 is 0 Å². The first-order valence-electron chi connectivity index (χ1n) is 23.8. The number of ether oxygens (including phenoxy) is 18. The minimum Gasteiger partial charge on any atom is -0.491 e. The van der Waals surface area contributed by atoms with Crippen molar-refractivity contribution in [1.29, 1.82) is 0 Å². The van der Waals surface area contributed by atoms with Crippen LogP contribution in [0.4, 0.5) is 0 Å². The maximum absolute atomic E-state index is 8.61. The van der Waals surface area contributed by atoms with Gasteiger partial charge < -0.3 is 90.4 Å². The van der Waals surface area contributed by atoms with E-state index in [1.165, 1.54) is 0 Å². The van der Waals surface area contributed by atoms with Gasteiger partial charge in [0.05, 0.1) is 223 Å². The molecule has 19 heteroatoms. The van der Waals surface area contributed by atoms with E-state index in [1.807, 2.05) is 58.0 Å². The number of para-hydroxylation sites is 1. The zero-order valence-corrected chi connectivity index (χ0v) is 41.3. The van der Waals surface area contributed by atoms with E-state index in [0.717, 1.165) is 5.75 Å². The smallest absolute Gasteiger partial charge is 0.119 e. The summed E-state index contributed by atoms with van der Waals surface area (Å²) in [4.78, 5) is 0. The second-order valence-electron chi connectivity index (χ2n) is 15.0. The molecule has 0 saturated carbocycles. The van der Waals surface area contributed by atoms with Crippen LogP contribution in [0.2, 0.25) is 0 Å². The fraction of sp³-hybridized carbons (Fsp3) is 0.833. The summed E-state index contributed by atoms with van der Waals surface area (Å²) in [5.41, 5.74) is 0. The molecule has 1 aromatic carbocycles. The Morgan fingerprint density at radius 1 is 0.388 bits per heavy atom. The molecule has 0 bridgehead atoms. The Labute approximate surface area is 401 Å². The first-order valence-corrected chi connectivity index (χ1v) is 23.8. The summed E-state index contributed by atoms with van der Waals surface area (Å²) in [6.07, 6.45) is 0.990. The van der Waals surface area contributed by atoms with Gasteiger partial charge >= 0.3 is 0 Å². The minimum absolute atomic E-state index is 0.0182. The predicted molar refractivity (Wildman–Crippen MR) is 250 cm³/mol. The Morgan fingerprint density at radius 2 is 0.716 bits per heavy atom. The van der Waals surface area contributed by atoms with Crippen molar-refractivity contribution in [2.24, 2.45) is 0 Å². The van der Waals surface area contributed by atoms with Gasteiger partial charge in [-0.2, -0.15) is 0 Å². The summed E-state index contributed by atoms with van der Waals surface area (Å²) in [5, 5.41) is 8.61. The number of aliphatic hydroxyl groups excluding tert-OH is 1. The van der Waals surface area contributed by atoms with Crippen molar-refractivity contribution in [1.82, 2.24) is 0 Å². The van der Waals surface area contributed by atoms with Crippen molar-refractivity contribution >= 4 is 0 Å². The molecule has 0 spiro atoms. The molecule has 1 rings (SSSR count). The molecule has 0 amide bonds. The van der Waals surface area contributed by atoms with Crippen LogP contribution < -0.4 is 4.74 Å². The van der Waals surface area contributed by atoms with Crippen LogP contribution in [-0.2, 0) is 80.5 Å². The number of hydrogen-bond donors (Lipinski definition) is 1. The van der Waals surface area contributed by atoms with Gasteiger partial charge in [-0.05, 0) is 39.8 Å². The van der Waals surface area contributed by atoms with Gasteiger partial charge in [0, 0.05) is 0 Å². The molecule has 0 aliphatic heterocycles. The highest BCUT2D eigenvalue weighted by molar-refractivity contribution is 5.20. The van der Waals surface area contributed by atoms with E-state index in [-0.39, 0.29) is 37.1 Å². The largest absolute Gasteiger partial charge is 0.491 e. The van der Waals surface area contributed by atoms with Gasteiger partial charge in [0.25, 0.3) is 0 Å². The van der Waals surface area contributed by atoms with Crippen LogP contribution in [0.15, 0.2) is 43.0 Å². The molecule has 0 radical (unpaired) electrons. The van der Waals surface area contributed by atoms with Crippen LogP contribution in [0, 0.1) is 0 Å². The van der Waals surface area contributed by atoms with E-state index in [0.29, 0.717) is 198 Å². The summed E-state index contributed by atoms with van der Waals surface area (Å²) >= 11 is 0. The molecule has 0 heterocycles. The van der Waals surface area contributed by atoms with E-state index < -0.39 is 0 Å². The van der Waals surface area contributed by atoms with Gasteiger partial charge in [-0.3, -0.25) is 0 Å². The fourth-order valence-electron chi connectivity index (χ4n) is 5.26. The van der Waals surface area contributed by atoms with Crippen molar-refractivity contribution in [2.75, 3.05) is 205 Å². The third-order valence-electron chi connectivity index (χ3n) is 8.67. The standard InChI is InChI=1S/C48H88O19/c1-6-13-61-37-43(2)63-38-44(3)64-39-45(4)65-40-46(5)67-48(42-66-47-10-8-7-9-11-47)41-62-36-35-60-34-33-59-32-31-58-30-29-57-28-27-56-26-25-55-24-23-54-22-21-53-20-19-52-18-17-51-16-15-50-14-12-49/h6-11,43-46,48-49H,1,12-42H2,2-5H3. The Balaban J connectivity index is 1.93. The maximum Gasteiger partial charge on any atom is 0.119 e. The fourth-order valence-corrected chi connectivity index (χ4v) is 5.26. The average Bonchev–Trinajstić information content (AvgIpc) is 3.33. The number of benzene rings is 1. The van der Waals surface area contributed by atoms with Crippen LogP contribution in [-0.4, -0.2) is 240 Å². The Morgan fingerprint density at radius 3 is 1.07 bits per heavy atom. The second-order valence-corrected chi connectivity index (χ2v) is 15.0. The highest BCUT2D eigenvalue weighted by Crippen LogP contribution is 2.11. The van der Waals surface area contributed by atoms with Gasteiger partial charge in [-0.25, -0.2) is 0 Å². The first-order chi connectivity index (χ1) is 32.9. The lowest BCUT2D eigenvalue weighted by atomic mass is 10.3. The predicted octanol–water partition coefficient (Wildman–Crippen LogP) is 3.45. The zero-order valence-electron chi connectivity index (χ0n) is 41.3. The normalized spacial score (nSPS) is 14.0. The monoisotopic (exact) mass is 969 g/mol. The quantitative estimate of drug-likeness (QED) is 0.0739. The van der Waals surface area contributed by atoms with Crippen LogP contribution >= 0.6 is 0 Å². The van der Waals surface area contributed by atoms with Gasteiger partial charge in [0.2, 0.25) is 0 Å². The summed E-state index contributed by atoms with van der Waals surface area (Å²) in [6.45, 7) is 25.3. The highest BCUT2D eigenvalue weighted by atomic mass is 16.6. The molecular formula is C48H88O19. The molecule has 0 aliphatic carbocycles. The molecule has 0 aliphatic rings. The topological polar surface area (TPSA) is 186 Å². The number of hydrogen-bond acceptors (Lipinski definition) is 19. The zero-order chi connectivity index (χ0) is 48.4. The SMILES string of the molecule is C=CCOCC(C)OCC(C)OCC(C)OCC(C)OC(COCCOCCOCCOCCOCCOCCOCCOCCOCCOCCOCCOCCO)COc1ccccc1. The third-order valence-corrected chi connectivity index (χ3v) is 8.67. The van der Waals surface area contributed by atoms with Crippen LogP contribution in [0.25, 0.3) is 0 Å². The third kappa shape index (κ3) is 46.2. The Kier molecular flexibility index (Phi) is 47.5. The summed E-state index contributed by atoms with van der Waals surface area (Å²) in [7, 11) is 0. The van der Waals surface area contributed by atoms with Crippen molar-refractivity contribution in [3.8, 4) is 5.75 Å². The molecule has 67 heavy (non-hydrogen) atoms. The number of rotatable bonds is 55. The van der Waals surface area contributed by atoms with E-state index in [2.05, 4.69) is 6.58 Å². The van der Waals surface area contributed by atoms with E-state index in [4.69, 9.17) is 90.4 Å². The van der Waals surface area contributed by atoms with Gasteiger partial charge in [0.15, 0.2) is 0 Å². The molecule has 5 atom stereocenters. The molecule has 394 valence electrons. The van der Waals surface area contributed by atoms with E-state index in [1.54, 1.807) is 6.08 Å². The van der Waals surface area contributed by atoms with Crippen LogP contribution in [0.5, 0.6) is 5.75 Å². The van der Waals surface area contributed by atoms with Crippen molar-refractivity contribution in [2.45, 2.75) is 58.2 Å². The lowest BCUT2D eigenvalue weighted by Gasteiger charge is -2.24. The van der Waals surface area contributed by atoms with Crippen molar-refractivity contribution in [3.63, 3.8) is 0 Å². The molecule has 1 aromatic rings. The van der Waals surface area contributed by atoms with Crippen molar-refractivity contribution in [3.05, 3.63) is 43.0 Å². The first kappa shape index (κ1) is 63.1. The Hall–Kier alpha value is -1.96. The minimum atomic E-state index is -0.310. The maximum atomic E-state index is 8.61. The lowest BCUT2D eigenvalue weighted by molar-refractivity contribution is -0.117. The number of aliphatic hydroxyl groups is 1. The molecular weight excluding hydrogens is 881 g/mol. The van der Waals surface area contributed by atoms with Gasteiger partial charge in [-0.1, -0.05) is 24.3 Å². The lowest BCUT2D eigenvalue weighted by Crippen LogP contribution is -2.34. The van der Waals surface area contributed by atoms with E-state index in [9.17, 15) is 0 Å². The molecule has 0 aromatic heterocycles. The van der Waals surface area contributed by atoms with Gasteiger partial charge in [-0.15, -0.1) is 6.58 Å². The average molecular weight is 969 g/mol. The van der Waals surface area contributed by atoms with Crippen LogP contribution in [0.1, 0.15) is 27.7 Å². The summed E-state index contributed by atoms with van der Waals surface area (Å²) in [5.74, 6) is 0.764. The van der Waals surface area contributed by atoms with Crippen LogP contribution in [0.3, 0.4) is 0 Å². The molecule has 1 N–H and O–H groups in total.